The Balaban J connectivity index is 1.56. The summed E-state index contributed by atoms with van der Waals surface area (Å²) in [5.41, 5.74) is 4.70. The van der Waals surface area contributed by atoms with Crippen LogP contribution in [0.5, 0.6) is 0 Å². The van der Waals surface area contributed by atoms with Crippen LogP contribution in [-0.4, -0.2) is 24.3 Å². The quantitative estimate of drug-likeness (QED) is 0.456. The lowest BCUT2D eigenvalue weighted by molar-refractivity contribution is -0.141. The molecule has 0 bridgehead atoms. The van der Waals surface area contributed by atoms with Crippen LogP contribution in [0.2, 0.25) is 0 Å². The second-order valence-electron chi connectivity index (χ2n) is 7.68. The van der Waals surface area contributed by atoms with Gasteiger partial charge in [0.25, 0.3) is 0 Å². The maximum absolute atomic E-state index is 12.3. The van der Waals surface area contributed by atoms with Crippen LogP contribution >= 0.6 is 0 Å². The number of carbonyl (C=O) groups is 3. The number of ether oxygens (including phenoxy) is 1. The Hall–Kier alpha value is -3.41. The molecule has 0 spiro atoms. The fourth-order valence-electron chi connectivity index (χ4n) is 2.94. The van der Waals surface area contributed by atoms with Gasteiger partial charge in [0.05, 0.1) is 12.7 Å². The van der Waals surface area contributed by atoms with Crippen LogP contribution in [-0.2, 0) is 20.7 Å². The van der Waals surface area contributed by atoms with Crippen LogP contribution in [0.3, 0.4) is 0 Å². The van der Waals surface area contributed by atoms with E-state index in [4.69, 9.17) is 9.15 Å². The van der Waals surface area contributed by atoms with E-state index in [0.29, 0.717) is 11.3 Å². The molecule has 1 amide bonds. The molecule has 0 fully saturated rings. The number of hydrogen-bond acceptors (Lipinski definition) is 5. The minimum absolute atomic E-state index is 0.0307. The van der Waals surface area contributed by atoms with Crippen LogP contribution in [0.1, 0.15) is 40.9 Å². The number of esters is 1. The van der Waals surface area contributed by atoms with Gasteiger partial charge in [-0.2, -0.15) is 0 Å². The molecule has 2 aromatic carbocycles. The molecule has 0 atom stereocenters. The number of nitrogens with one attached hydrogen (secondary N) is 1. The average molecular weight is 407 g/mol. The van der Waals surface area contributed by atoms with Crippen molar-refractivity contribution in [1.82, 2.24) is 0 Å². The van der Waals surface area contributed by atoms with E-state index in [2.05, 4.69) is 5.32 Å². The zero-order valence-corrected chi connectivity index (χ0v) is 17.6. The molecule has 6 heteroatoms. The predicted octanol–water partition coefficient (Wildman–Crippen LogP) is 4.61. The van der Waals surface area contributed by atoms with Crippen LogP contribution in [0, 0.1) is 19.8 Å². The highest BCUT2D eigenvalue weighted by molar-refractivity contribution is 5.99. The smallest absolute Gasteiger partial charge is 0.310 e. The normalized spacial score (nSPS) is 11.0. The molecule has 1 heterocycles. The molecule has 0 saturated carbocycles. The van der Waals surface area contributed by atoms with Crippen LogP contribution < -0.4 is 5.32 Å². The van der Waals surface area contributed by atoms with Crippen LogP contribution in [0.25, 0.3) is 11.0 Å². The Kier molecular flexibility index (Phi) is 6.35. The summed E-state index contributed by atoms with van der Waals surface area (Å²) in [4.78, 5) is 36.2. The van der Waals surface area contributed by atoms with Crippen molar-refractivity contribution in [3.8, 4) is 0 Å². The average Bonchev–Trinajstić information content (AvgIpc) is 3.08. The Morgan fingerprint density at radius 1 is 1.03 bits per heavy atom. The van der Waals surface area contributed by atoms with E-state index in [1.165, 1.54) is 0 Å². The standard InChI is InChI=1S/C24H25NO5/c1-14(2)24(28)25-19-7-5-17(6-8-19)21(26)13-30-23(27)11-18-12-29-22-10-16(4)15(3)9-20(18)22/h5-10,12,14H,11,13H2,1-4H3,(H,25,28). The summed E-state index contributed by atoms with van der Waals surface area (Å²) in [5.74, 6) is -1.04. The van der Waals surface area contributed by atoms with Gasteiger partial charge in [-0.15, -0.1) is 0 Å². The fourth-order valence-corrected chi connectivity index (χ4v) is 2.94. The van der Waals surface area contributed by atoms with Gasteiger partial charge >= 0.3 is 5.97 Å². The topological polar surface area (TPSA) is 85.6 Å². The largest absolute Gasteiger partial charge is 0.464 e. The molecule has 156 valence electrons. The number of carbonyl (C=O) groups excluding carboxylic acids is 3. The Morgan fingerprint density at radius 3 is 2.37 bits per heavy atom. The number of rotatable bonds is 7. The third-order valence-electron chi connectivity index (χ3n) is 4.97. The van der Waals surface area contributed by atoms with E-state index >= 15 is 0 Å². The lowest BCUT2D eigenvalue weighted by Crippen LogP contribution is -2.18. The van der Waals surface area contributed by atoms with Crippen molar-refractivity contribution in [3.63, 3.8) is 0 Å². The molecule has 1 N–H and O–H groups in total. The first-order valence-corrected chi connectivity index (χ1v) is 9.81. The number of hydrogen-bond donors (Lipinski definition) is 1. The monoisotopic (exact) mass is 407 g/mol. The number of aryl methyl sites for hydroxylation is 2. The van der Waals surface area contributed by atoms with Gasteiger partial charge in [-0.05, 0) is 61.4 Å². The molecule has 0 aliphatic carbocycles. The molecule has 6 nitrogen and oxygen atoms in total. The summed E-state index contributed by atoms with van der Waals surface area (Å²) in [7, 11) is 0. The van der Waals surface area contributed by atoms with E-state index in [1.807, 2.05) is 26.0 Å². The molecule has 0 saturated heterocycles. The number of benzene rings is 2. The maximum atomic E-state index is 12.3. The number of furan rings is 1. The van der Waals surface area contributed by atoms with Gasteiger partial charge in [0.1, 0.15) is 5.58 Å². The highest BCUT2D eigenvalue weighted by Crippen LogP contribution is 2.25. The van der Waals surface area contributed by atoms with Gasteiger partial charge in [-0.25, -0.2) is 0 Å². The first kappa shape index (κ1) is 21.3. The van der Waals surface area contributed by atoms with Gasteiger partial charge < -0.3 is 14.5 Å². The zero-order chi connectivity index (χ0) is 21.8. The minimum atomic E-state index is -0.495. The number of ketones is 1. The third-order valence-corrected chi connectivity index (χ3v) is 4.97. The van der Waals surface area contributed by atoms with E-state index in [0.717, 1.165) is 27.7 Å². The van der Waals surface area contributed by atoms with Crippen molar-refractivity contribution in [1.29, 1.82) is 0 Å². The SMILES string of the molecule is Cc1cc2occ(CC(=O)OCC(=O)c3ccc(NC(=O)C(C)C)cc3)c2cc1C. The molecule has 0 unspecified atom stereocenters. The van der Waals surface area contributed by atoms with Crippen molar-refractivity contribution >= 4 is 34.3 Å². The summed E-state index contributed by atoms with van der Waals surface area (Å²) in [6.45, 7) is 7.26. The Bertz CT molecular complexity index is 1090. The van der Waals surface area contributed by atoms with Crippen molar-refractivity contribution in [2.45, 2.75) is 34.1 Å². The molecule has 30 heavy (non-hydrogen) atoms. The van der Waals surface area contributed by atoms with Gasteiger partial charge in [0.15, 0.2) is 12.4 Å². The Morgan fingerprint density at radius 2 is 1.70 bits per heavy atom. The molecule has 0 aliphatic heterocycles. The molecular weight excluding hydrogens is 382 g/mol. The van der Waals surface area contributed by atoms with Gasteiger partial charge in [-0.1, -0.05) is 13.8 Å². The number of Topliss-reactive ketones (excluding diaryl/α,β-unsaturated/α-hetero) is 1. The van der Waals surface area contributed by atoms with Crippen molar-refractivity contribution in [2.24, 2.45) is 5.92 Å². The lowest BCUT2D eigenvalue weighted by atomic mass is 10.0. The van der Waals surface area contributed by atoms with E-state index < -0.39 is 5.97 Å². The molecular formula is C24H25NO5. The molecule has 3 rings (SSSR count). The first-order valence-electron chi connectivity index (χ1n) is 9.81. The van der Waals surface area contributed by atoms with Gasteiger partial charge in [0, 0.05) is 28.1 Å². The number of amides is 1. The summed E-state index contributed by atoms with van der Waals surface area (Å²) in [6, 6.07) is 10.4. The van der Waals surface area contributed by atoms with Crippen molar-refractivity contribution < 1.29 is 23.5 Å². The van der Waals surface area contributed by atoms with Crippen LogP contribution in [0.15, 0.2) is 47.1 Å². The molecule has 0 radical (unpaired) electrons. The third kappa shape index (κ3) is 4.95. The second kappa shape index (κ2) is 8.95. The Labute approximate surface area is 175 Å². The number of anilines is 1. The summed E-state index contributed by atoms with van der Waals surface area (Å²) >= 11 is 0. The summed E-state index contributed by atoms with van der Waals surface area (Å²) in [5, 5.41) is 3.64. The van der Waals surface area contributed by atoms with Crippen molar-refractivity contribution in [2.75, 3.05) is 11.9 Å². The van der Waals surface area contributed by atoms with Crippen molar-refractivity contribution in [3.05, 3.63) is 64.9 Å². The van der Waals surface area contributed by atoms with E-state index in [-0.39, 0.29) is 30.6 Å². The summed E-state index contributed by atoms with van der Waals surface area (Å²) in [6.07, 6.45) is 1.58. The maximum Gasteiger partial charge on any atom is 0.310 e. The predicted molar refractivity (Wildman–Crippen MR) is 115 cm³/mol. The van der Waals surface area contributed by atoms with Crippen LogP contribution in [0.4, 0.5) is 5.69 Å². The van der Waals surface area contributed by atoms with Gasteiger partial charge in [0.2, 0.25) is 5.91 Å². The van der Waals surface area contributed by atoms with Gasteiger partial charge in [-0.3, -0.25) is 14.4 Å². The summed E-state index contributed by atoms with van der Waals surface area (Å²) < 4.78 is 10.7. The van der Waals surface area contributed by atoms with E-state index in [9.17, 15) is 14.4 Å². The fraction of sp³-hybridized carbons (Fsp3) is 0.292. The molecule has 3 aromatic rings. The second-order valence-corrected chi connectivity index (χ2v) is 7.68. The highest BCUT2D eigenvalue weighted by atomic mass is 16.5. The highest BCUT2D eigenvalue weighted by Gasteiger charge is 2.15. The lowest BCUT2D eigenvalue weighted by Gasteiger charge is -2.08. The number of fused-ring (bicyclic) bond motifs is 1. The molecule has 0 aliphatic rings. The molecule has 1 aromatic heterocycles. The zero-order valence-electron chi connectivity index (χ0n) is 17.6. The van der Waals surface area contributed by atoms with E-state index in [1.54, 1.807) is 44.4 Å². The first-order chi connectivity index (χ1) is 14.2. The minimum Gasteiger partial charge on any atom is -0.464 e.